The summed E-state index contributed by atoms with van der Waals surface area (Å²) in [5, 5.41) is 0. The summed E-state index contributed by atoms with van der Waals surface area (Å²) in [6.45, 7) is 2.13. The van der Waals surface area contributed by atoms with Gasteiger partial charge in [-0.15, -0.1) is 0 Å². The van der Waals surface area contributed by atoms with E-state index in [4.69, 9.17) is 5.73 Å². The topological polar surface area (TPSA) is 26.0 Å². The molecule has 0 aliphatic heterocycles. The van der Waals surface area contributed by atoms with E-state index in [0.717, 1.165) is 17.9 Å². The summed E-state index contributed by atoms with van der Waals surface area (Å²) in [7, 11) is 0. The molecule has 0 spiro atoms. The summed E-state index contributed by atoms with van der Waals surface area (Å²) in [6.07, 6.45) is 1.07. The zero-order chi connectivity index (χ0) is 9.52. The Labute approximate surface area is 84.7 Å². The highest BCUT2D eigenvalue weighted by molar-refractivity contribution is 7.98. The van der Waals surface area contributed by atoms with Crippen LogP contribution in [-0.4, -0.2) is 11.8 Å². The van der Waals surface area contributed by atoms with Gasteiger partial charge in [-0.2, -0.15) is 11.8 Å². The molecule has 1 aromatic carbocycles. The lowest BCUT2D eigenvalue weighted by atomic mass is 10.2. The van der Waals surface area contributed by atoms with Gasteiger partial charge in [0.1, 0.15) is 0 Å². The Hall–Kier alpha value is -0.470. The van der Waals surface area contributed by atoms with E-state index in [1.54, 1.807) is 0 Å². The quantitative estimate of drug-likeness (QED) is 0.781. The predicted octanol–water partition coefficient (Wildman–Crippen LogP) is 2.66. The third-order valence-electron chi connectivity index (χ3n) is 1.97. The lowest BCUT2D eigenvalue weighted by Gasteiger charge is -2.07. The molecule has 72 valence electrons. The molecular formula is C11H17NS. The summed E-state index contributed by atoms with van der Waals surface area (Å²) in [4.78, 5) is 0. The van der Waals surface area contributed by atoms with E-state index in [0.29, 0.717) is 6.04 Å². The van der Waals surface area contributed by atoms with Crippen LogP contribution in [0.25, 0.3) is 0 Å². The Morgan fingerprint density at radius 2 is 2.00 bits per heavy atom. The van der Waals surface area contributed by atoms with Crippen LogP contribution in [0.1, 0.15) is 18.9 Å². The van der Waals surface area contributed by atoms with Gasteiger partial charge in [-0.25, -0.2) is 0 Å². The fourth-order valence-electron chi connectivity index (χ4n) is 1.02. The molecule has 1 nitrogen and oxygen atoms in total. The Balaban J connectivity index is 2.20. The monoisotopic (exact) mass is 195 g/mol. The molecule has 0 radical (unpaired) electrons. The SMILES string of the molecule is CCC(N)CSCc1ccccc1. The van der Waals surface area contributed by atoms with Crippen LogP contribution in [0.5, 0.6) is 0 Å². The van der Waals surface area contributed by atoms with Crippen molar-refractivity contribution in [3.8, 4) is 0 Å². The molecule has 1 rings (SSSR count). The van der Waals surface area contributed by atoms with Crippen molar-refractivity contribution in [1.82, 2.24) is 0 Å². The van der Waals surface area contributed by atoms with E-state index in [-0.39, 0.29) is 0 Å². The maximum atomic E-state index is 5.82. The minimum absolute atomic E-state index is 0.355. The minimum atomic E-state index is 0.355. The van der Waals surface area contributed by atoms with Gasteiger partial charge in [0.15, 0.2) is 0 Å². The molecule has 13 heavy (non-hydrogen) atoms. The Morgan fingerprint density at radius 3 is 2.62 bits per heavy atom. The van der Waals surface area contributed by atoms with Crippen molar-refractivity contribution in [1.29, 1.82) is 0 Å². The number of rotatable bonds is 5. The second-order valence-electron chi connectivity index (χ2n) is 3.17. The van der Waals surface area contributed by atoms with Crippen LogP contribution in [0.2, 0.25) is 0 Å². The van der Waals surface area contributed by atoms with Gasteiger partial charge in [-0.3, -0.25) is 0 Å². The van der Waals surface area contributed by atoms with Crippen molar-refractivity contribution < 1.29 is 0 Å². The van der Waals surface area contributed by atoms with Crippen LogP contribution in [0.3, 0.4) is 0 Å². The van der Waals surface area contributed by atoms with Gasteiger partial charge in [0.2, 0.25) is 0 Å². The highest BCUT2D eigenvalue weighted by Gasteiger charge is 1.98. The van der Waals surface area contributed by atoms with E-state index < -0.39 is 0 Å². The van der Waals surface area contributed by atoms with Crippen molar-refractivity contribution >= 4 is 11.8 Å². The summed E-state index contributed by atoms with van der Waals surface area (Å²) < 4.78 is 0. The van der Waals surface area contributed by atoms with Crippen molar-refractivity contribution in [2.24, 2.45) is 5.73 Å². The Bertz CT molecular complexity index is 223. The molecule has 0 aromatic heterocycles. The number of thioether (sulfide) groups is 1. The normalized spacial score (nSPS) is 12.8. The largest absolute Gasteiger partial charge is 0.327 e. The minimum Gasteiger partial charge on any atom is -0.327 e. The molecule has 0 saturated carbocycles. The van der Waals surface area contributed by atoms with Crippen LogP contribution in [-0.2, 0) is 5.75 Å². The summed E-state index contributed by atoms with van der Waals surface area (Å²) >= 11 is 1.91. The standard InChI is InChI=1S/C11H17NS/c1-2-11(12)9-13-8-10-6-4-3-5-7-10/h3-7,11H,2,8-9,12H2,1H3. The average Bonchev–Trinajstić information content (AvgIpc) is 2.19. The number of hydrogen-bond acceptors (Lipinski definition) is 2. The summed E-state index contributed by atoms with van der Waals surface area (Å²) in [5.41, 5.74) is 7.20. The van der Waals surface area contributed by atoms with E-state index in [1.807, 2.05) is 17.8 Å². The fourth-order valence-corrected chi connectivity index (χ4v) is 2.10. The lowest BCUT2D eigenvalue weighted by Crippen LogP contribution is -2.21. The predicted molar refractivity (Wildman–Crippen MR) is 60.9 cm³/mol. The summed E-state index contributed by atoms with van der Waals surface area (Å²) in [5.74, 6) is 2.14. The maximum Gasteiger partial charge on any atom is 0.0185 e. The van der Waals surface area contributed by atoms with E-state index in [9.17, 15) is 0 Å². The van der Waals surface area contributed by atoms with E-state index >= 15 is 0 Å². The molecule has 0 aliphatic rings. The molecule has 0 saturated heterocycles. The Morgan fingerprint density at radius 1 is 1.31 bits per heavy atom. The summed E-state index contributed by atoms with van der Waals surface area (Å²) in [6, 6.07) is 10.9. The molecule has 2 N–H and O–H groups in total. The first-order chi connectivity index (χ1) is 6.33. The van der Waals surface area contributed by atoms with Crippen LogP contribution >= 0.6 is 11.8 Å². The third kappa shape index (κ3) is 4.34. The Kier molecular flexibility index (Phi) is 4.94. The van der Waals surface area contributed by atoms with Crippen LogP contribution in [0.4, 0.5) is 0 Å². The molecule has 0 heterocycles. The van der Waals surface area contributed by atoms with Crippen molar-refractivity contribution in [3.63, 3.8) is 0 Å². The first-order valence-electron chi connectivity index (χ1n) is 4.70. The fraction of sp³-hybridized carbons (Fsp3) is 0.455. The average molecular weight is 195 g/mol. The zero-order valence-corrected chi connectivity index (χ0v) is 8.89. The van der Waals surface area contributed by atoms with Crippen molar-refractivity contribution in [2.45, 2.75) is 25.1 Å². The molecule has 0 bridgehead atoms. The number of nitrogens with two attached hydrogens (primary N) is 1. The smallest absolute Gasteiger partial charge is 0.0185 e. The van der Waals surface area contributed by atoms with Gasteiger partial charge < -0.3 is 5.73 Å². The van der Waals surface area contributed by atoms with Crippen LogP contribution in [0, 0.1) is 0 Å². The first-order valence-corrected chi connectivity index (χ1v) is 5.85. The lowest BCUT2D eigenvalue weighted by molar-refractivity contribution is 0.725. The highest BCUT2D eigenvalue weighted by atomic mass is 32.2. The number of hydrogen-bond donors (Lipinski definition) is 1. The molecule has 0 aliphatic carbocycles. The van der Waals surface area contributed by atoms with Gasteiger partial charge in [-0.05, 0) is 12.0 Å². The molecule has 0 amide bonds. The third-order valence-corrected chi connectivity index (χ3v) is 3.17. The second-order valence-corrected chi connectivity index (χ2v) is 4.20. The van der Waals surface area contributed by atoms with Gasteiger partial charge in [0, 0.05) is 17.5 Å². The maximum absolute atomic E-state index is 5.82. The van der Waals surface area contributed by atoms with E-state index in [1.165, 1.54) is 5.56 Å². The first kappa shape index (κ1) is 10.6. The zero-order valence-electron chi connectivity index (χ0n) is 8.07. The van der Waals surface area contributed by atoms with Crippen molar-refractivity contribution in [2.75, 3.05) is 5.75 Å². The van der Waals surface area contributed by atoms with Gasteiger partial charge >= 0.3 is 0 Å². The van der Waals surface area contributed by atoms with Crippen LogP contribution in [0.15, 0.2) is 30.3 Å². The van der Waals surface area contributed by atoms with Gasteiger partial charge in [0.25, 0.3) is 0 Å². The highest BCUT2D eigenvalue weighted by Crippen LogP contribution is 2.12. The number of benzene rings is 1. The molecular weight excluding hydrogens is 178 g/mol. The molecule has 1 atom stereocenters. The van der Waals surface area contributed by atoms with Gasteiger partial charge in [-0.1, -0.05) is 37.3 Å². The molecule has 1 unspecified atom stereocenters. The van der Waals surface area contributed by atoms with Gasteiger partial charge in [0.05, 0.1) is 0 Å². The molecule has 2 heteroatoms. The van der Waals surface area contributed by atoms with E-state index in [2.05, 4.69) is 31.2 Å². The van der Waals surface area contributed by atoms with Crippen molar-refractivity contribution in [3.05, 3.63) is 35.9 Å². The van der Waals surface area contributed by atoms with Crippen LogP contribution < -0.4 is 5.73 Å². The second kappa shape index (κ2) is 6.06. The molecule has 1 aromatic rings. The molecule has 0 fully saturated rings.